The van der Waals surface area contributed by atoms with Crippen LogP contribution in [0, 0.1) is 0 Å². The van der Waals surface area contributed by atoms with Crippen molar-refractivity contribution in [1.29, 1.82) is 0 Å². The Bertz CT molecular complexity index is 1500. The fraction of sp³-hybridized carbons (Fsp3) is 0.341. The molecule has 0 amide bonds. The third-order valence-corrected chi connectivity index (χ3v) is 11.0. The monoisotopic (exact) mass is 602 g/mol. The van der Waals surface area contributed by atoms with Crippen LogP contribution in [0.4, 0.5) is 11.4 Å². The van der Waals surface area contributed by atoms with Crippen molar-refractivity contribution >= 4 is 35.6 Å². The maximum Gasteiger partial charge on any atom is 0.0702 e. The Kier molecular flexibility index (Phi) is 11.4. The first-order chi connectivity index (χ1) is 21.0. The van der Waals surface area contributed by atoms with Crippen LogP contribution in [-0.2, 0) is 0 Å². The van der Waals surface area contributed by atoms with Gasteiger partial charge in [0.15, 0.2) is 0 Å². The van der Waals surface area contributed by atoms with E-state index in [-0.39, 0.29) is 0 Å². The number of anilines is 1. The molecular formula is C41H51N2P. The summed E-state index contributed by atoms with van der Waals surface area (Å²) in [6, 6.07) is 35.5. The number of para-hydroxylation sites is 2. The zero-order valence-corrected chi connectivity index (χ0v) is 29.3. The van der Waals surface area contributed by atoms with Gasteiger partial charge < -0.3 is 5.32 Å². The maximum atomic E-state index is 5.59. The van der Waals surface area contributed by atoms with Crippen LogP contribution in [0.25, 0.3) is 0 Å². The van der Waals surface area contributed by atoms with Crippen LogP contribution in [0.5, 0.6) is 0 Å². The van der Waals surface area contributed by atoms with Gasteiger partial charge >= 0.3 is 0 Å². The summed E-state index contributed by atoms with van der Waals surface area (Å²) in [5.74, 6) is 1.56. The number of benzene rings is 4. The molecule has 4 rings (SSSR count). The quantitative estimate of drug-likeness (QED) is 0.134. The summed E-state index contributed by atoms with van der Waals surface area (Å²) in [5.41, 5.74) is 9.89. The Morgan fingerprint density at radius 3 is 1.30 bits per heavy atom. The minimum absolute atomic E-state index is 0.378. The molecule has 4 aromatic rings. The molecule has 0 heterocycles. The van der Waals surface area contributed by atoms with Crippen molar-refractivity contribution in [3.05, 3.63) is 130 Å². The topological polar surface area (TPSA) is 24.4 Å². The minimum Gasteiger partial charge on any atom is -0.358 e. The summed E-state index contributed by atoms with van der Waals surface area (Å²) < 4.78 is 0. The van der Waals surface area contributed by atoms with Gasteiger partial charge in [0.05, 0.1) is 5.69 Å². The molecule has 0 spiro atoms. The Labute approximate surface area is 268 Å². The van der Waals surface area contributed by atoms with Gasteiger partial charge in [-0.3, -0.25) is 4.99 Å². The number of allylic oxidation sites excluding steroid dienone is 2. The van der Waals surface area contributed by atoms with Crippen LogP contribution in [0.3, 0.4) is 0 Å². The number of aliphatic imine (C=N–C) groups is 1. The molecule has 3 heteroatoms. The van der Waals surface area contributed by atoms with Crippen LogP contribution in [0.15, 0.2) is 113 Å². The van der Waals surface area contributed by atoms with Gasteiger partial charge in [-0.25, -0.2) is 0 Å². The van der Waals surface area contributed by atoms with E-state index in [0.29, 0.717) is 23.7 Å². The Hall–Kier alpha value is -3.48. The first-order valence-corrected chi connectivity index (χ1v) is 17.5. The number of hydrogen-bond donors (Lipinski definition) is 1. The lowest BCUT2D eigenvalue weighted by Crippen LogP contribution is -2.19. The molecule has 0 aliphatic heterocycles. The van der Waals surface area contributed by atoms with E-state index >= 15 is 0 Å². The highest BCUT2D eigenvalue weighted by Crippen LogP contribution is 2.47. The second kappa shape index (κ2) is 15.0. The molecule has 0 bridgehead atoms. The predicted octanol–water partition coefficient (Wildman–Crippen LogP) is 11.7. The zero-order chi connectivity index (χ0) is 32.0. The summed E-state index contributed by atoms with van der Waals surface area (Å²) in [7, 11) is -0.899. The van der Waals surface area contributed by atoms with E-state index in [2.05, 4.69) is 172 Å². The molecule has 0 aliphatic rings. The first kappa shape index (κ1) is 33.4. The van der Waals surface area contributed by atoms with Crippen LogP contribution in [0.1, 0.15) is 115 Å². The van der Waals surface area contributed by atoms with E-state index < -0.39 is 7.92 Å². The fourth-order valence-electron chi connectivity index (χ4n) is 5.97. The van der Waals surface area contributed by atoms with Crippen LogP contribution >= 0.6 is 7.92 Å². The molecule has 4 aromatic carbocycles. The molecule has 0 atom stereocenters. The summed E-state index contributed by atoms with van der Waals surface area (Å²) in [6.45, 7) is 22.7. The molecule has 0 fully saturated rings. The highest BCUT2D eigenvalue weighted by atomic mass is 31.1. The minimum atomic E-state index is -0.899. The van der Waals surface area contributed by atoms with Crippen molar-refractivity contribution in [2.45, 2.75) is 92.9 Å². The van der Waals surface area contributed by atoms with E-state index in [0.717, 1.165) is 17.1 Å². The summed E-state index contributed by atoms with van der Waals surface area (Å²) >= 11 is 0. The summed E-state index contributed by atoms with van der Waals surface area (Å²) in [6.07, 6.45) is 0. The van der Waals surface area contributed by atoms with Gasteiger partial charge in [0, 0.05) is 22.4 Å². The second-order valence-electron chi connectivity index (χ2n) is 13.0. The molecule has 0 saturated heterocycles. The highest BCUT2D eigenvalue weighted by Gasteiger charge is 2.26. The number of nitrogens with one attached hydrogen (secondary N) is 1. The SMILES string of the molecule is CC(=Nc1c(C(C)C)cccc1C(C)C)/C(=C(\C)Nc1c(C(C)C)cccc1C(C)C)P(c1ccccc1)c1ccccc1. The van der Waals surface area contributed by atoms with Gasteiger partial charge in [0.2, 0.25) is 0 Å². The van der Waals surface area contributed by atoms with Crippen molar-refractivity contribution in [3.63, 3.8) is 0 Å². The first-order valence-electron chi connectivity index (χ1n) is 16.2. The zero-order valence-electron chi connectivity index (χ0n) is 28.4. The van der Waals surface area contributed by atoms with Crippen molar-refractivity contribution in [2.24, 2.45) is 4.99 Å². The van der Waals surface area contributed by atoms with Gasteiger partial charge in [-0.05, 0) is 78.3 Å². The average molecular weight is 603 g/mol. The van der Waals surface area contributed by atoms with Crippen LogP contribution in [-0.4, -0.2) is 5.71 Å². The maximum absolute atomic E-state index is 5.59. The van der Waals surface area contributed by atoms with Gasteiger partial charge in [0.25, 0.3) is 0 Å². The number of rotatable bonds is 11. The summed E-state index contributed by atoms with van der Waals surface area (Å²) in [4.78, 5) is 5.59. The molecular weight excluding hydrogens is 551 g/mol. The van der Waals surface area contributed by atoms with E-state index in [1.807, 2.05) is 0 Å². The Balaban J connectivity index is 2.06. The lowest BCUT2D eigenvalue weighted by atomic mass is 9.92. The number of nitrogens with zero attached hydrogens (tertiary/aromatic N) is 1. The van der Waals surface area contributed by atoms with Gasteiger partial charge in [-0.1, -0.05) is 152 Å². The molecule has 2 nitrogen and oxygen atoms in total. The Morgan fingerprint density at radius 2 is 0.909 bits per heavy atom. The fourth-order valence-corrected chi connectivity index (χ4v) is 8.49. The molecule has 0 aromatic heterocycles. The third kappa shape index (κ3) is 7.59. The van der Waals surface area contributed by atoms with E-state index in [1.54, 1.807) is 0 Å². The van der Waals surface area contributed by atoms with Crippen LogP contribution in [0.2, 0.25) is 0 Å². The van der Waals surface area contributed by atoms with E-state index in [9.17, 15) is 0 Å². The smallest absolute Gasteiger partial charge is 0.0702 e. The molecule has 0 aliphatic carbocycles. The largest absolute Gasteiger partial charge is 0.358 e. The van der Waals surface area contributed by atoms with Crippen LogP contribution < -0.4 is 15.9 Å². The summed E-state index contributed by atoms with van der Waals surface area (Å²) in [5, 5.41) is 7.94. The van der Waals surface area contributed by atoms with Gasteiger partial charge in [-0.2, -0.15) is 0 Å². The van der Waals surface area contributed by atoms with Crippen molar-refractivity contribution in [1.82, 2.24) is 0 Å². The van der Waals surface area contributed by atoms with Crippen molar-refractivity contribution in [2.75, 3.05) is 5.32 Å². The highest BCUT2D eigenvalue weighted by molar-refractivity contribution is 7.78. The van der Waals surface area contributed by atoms with E-state index in [1.165, 1.54) is 43.9 Å². The molecule has 1 N–H and O–H groups in total. The molecule has 44 heavy (non-hydrogen) atoms. The van der Waals surface area contributed by atoms with Gasteiger partial charge in [0.1, 0.15) is 0 Å². The lowest BCUT2D eigenvalue weighted by molar-refractivity contribution is 0.834. The number of hydrogen-bond acceptors (Lipinski definition) is 2. The standard InChI is InChI=1S/C41H51N2P/c1-27(2)35-23-17-24-36(28(3)4)39(35)42-31(9)41(44(33-19-13-11-14-20-33)34-21-15-12-16-22-34)32(10)43-40-37(29(5)6)25-18-26-38(40)30(7)8/h11-30,42H,1-10H3/b41-31-,43-32?. The second-order valence-corrected chi connectivity index (χ2v) is 15.2. The van der Waals surface area contributed by atoms with Crippen molar-refractivity contribution in [3.8, 4) is 0 Å². The molecule has 0 radical (unpaired) electrons. The third-order valence-electron chi connectivity index (χ3n) is 8.26. The Morgan fingerprint density at radius 1 is 0.523 bits per heavy atom. The normalized spacial score (nSPS) is 12.9. The van der Waals surface area contributed by atoms with Crippen molar-refractivity contribution < 1.29 is 0 Å². The van der Waals surface area contributed by atoms with Gasteiger partial charge in [-0.15, -0.1) is 0 Å². The lowest BCUT2D eigenvalue weighted by Gasteiger charge is -2.28. The van der Waals surface area contributed by atoms with E-state index in [4.69, 9.17) is 4.99 Å². The molecule has 0 unspecified atom stereocenters. The average Bonchev–Trinajstić information content (AvgIpc) is 3.00. The molecule has 0 saturated carbocycles. The molecule has 230 valence electrons. The predicted molar refractivity (Wildman–Crippen MR) is 197 cm³/mol.